The zero-order valence-corrected chi connectivity index (χ0v) is 17.5. The molecule has 2 heterocycles. The van der Waals surface area contributed by atoms with Crippen molar-refractivity contribution < 1.29 is 31.4 Å². The number of fused-ring (bicyclic) bond motifs is 4. The average molecular weight is 460 g/mol. The molecule has 0 bridgehead atoms. The predicted octanol–water partition coefficient (Wildman–Crippen LogP) is 1.98. The number of nitrogens with two attached hydrogens (primary N) is 2. The summed E-state index contributed by atoms with van der Waals surface area (Å²) in [5.74, 6) is -1.19. The normalized spacial score (nSPS) is 20.1. The molecule has 0 fully saturated rings. The number of anilines is 2. The molecule has 0 aromatic heterocycles. The SMILES string of the molecule is C=CC1=C(C=C)C2(OC1=O)c1ccc(N)c(S(=O)O)c1Oc1c2ccc(N)c1[SH](=O)=O. The van der Waals surface area contributed by atoms with Crippen LogP contribution in [0.4, 0.5) is 11.4 Å². The molecule has 2 aliphatic rings. The highest BCUT2D eigenvalue weighted by Crippen LogP contribution is 2.59. The second kappa shape index (κ2) is 7.08. The first kappa shape index (κ1) is 20.8. The van der Waals surface area contributed by atoms with E-state index in [-0.39, 0.29) is 54.9 Å². The number of esters is 1. The van der Waals surface area contributed by atoms with E-state index < -0.39 is 33.4 Å². The van der Waals surface area contributed by atoms with E-state index in [4.69, 9.17) is 20.9 Å². The van der Waals surface area contributed by atoms with Crippen LogP contribution in [-0.2, 0) is 36.9 Å². The van der Waals surface area contributed by atoms with Crippen molar-refractivity contribution in [3.8, 4) is 11.5 Å². The molecule has 0 aliphatic carbocycles. The van der Waals surface area contributed by atoms with Crippen LogP contribution in [-0.4, -0.2) is 23.1 Å². The monoisotopic (exact) mass is 460 g/mol. The number of thiol groups is 1. The summed E-state index contributed by atoms with van der Waals surface area (Å²) in [4.78, 5) is 12.1. The summed E-state index contributed by atoms with van der Waals surface area (Å²) in [6.07, 6.45) is 2.66. The lowest BCUT2D eigenvalue weighted by Gasteiger charge is -2.38. The van der Waals surface area contributed by atoms with Gasteiger partial charge in [0.1, 0.15) is 9.79 Å². The Balaban J connectivity index is 2.26. The van der Waals surface area contributed by atoms with E-state index in [1.165, 1.54) is 36.4 Å². The number of rotatable bonds is 4. The number of hydrogen-bond acceptors (Lipinski definition) is 8. The Labute approximate surface area is 180 Å². The summed E-state index contributed by atoms with van der Waals surface area (Å²) >= 11 is -2.61. The summed E-state index contributed by atoms with van der Waals surface area (Å²) in [5, 5.41) is 0. The van der Waals surface area contributed by atoms with Crippen LogP contribution in [0.2, 0.25) is 0 Å². The van der Waals surface area contributed by atoms with Crippen LogP contribution < -0.4 is 16.2 Å². The number of nitrogen functional groups attached to an aromatic ring is 2. The van der Waals surface area contributed by atoms with Gasteiger partial charge >= 0.3 is 5.97 Å². The zero-order chi connectivity index (χ0) is 22.7. The first-order valence-electron chi connectivity index (χ1n) is 8.71. The van der Waals surface area contributed by atoms with Gasteiger partial charge in [0.15, 0.2) is 38.9 Å². The van der Waals surface area contributed by atoms with Gasteiger partial charge in [0, 0.05) is 16.7 Å². The molecule has 2 aromatic rings. The lowest BCUT2D eigenvalue weighted by atomic mass is 9.77. The second-order valence-electron chi connectivity index (χ2n) is 6.66. The topological polar surface area (TPSA) is 159 Å². The summed E-state index contributed by atoms with van der Waals surface area (Å²) in [7, 11) is -3.25. The van der Waals surface area contributed by atoms with Crippen LogP contribution in [0, 0.1) is 0 Å². The van der Waals surface area contributed by atoms with Crippen molar-refractivity contribution in [3.05, 3.63) is 71.8 Å². The number of ether oxygens (including phenoxy) is 2. The number of carbonyl (C=O) groups is 1. The largest absolute Gasteiger partial charge is 0.454 e. The molecule has 0 radical (unpaired) electrons. The Morgan fingerprint density at radius 3 is 2.19 bits per heavy atom. The van der Waals surface area contributed by atoms with E-state index in [0.29, 0.717) is 0 Å². The average Bonchev–Trinajstić information content (AvgIpc) is 2.98. The van der Waals surface area contributed by atoms with E-state index in [1.807, 2.05) is 0 Å². The zero-order valence-electron chi connectivity index (χ0n) is 15.8. The maximum absolute atomic E-state index is 12.7. The predicted molar refractivity (Wildman–Crippen MR) is 114 cm³/mol. The fraction of sp³-hybridized carbons (Fsp3) is 0.0500. The van der Waals surface area contributed by atoms with Crippen molar-refractivity contribution in [2.75, 3.05) is 11.5 Å². The molecule has 4 rings (SSSR count). The first-order chi connectivity index (χ1) is 14.7. The van der Waals surface area contributed by atoms with Gasteiger partial charge in [-0.2, -0.15) is 0 Å². The van der Waals surface area contributed by atoms with E-state index >= 15 is 0 Å². The van der Waals surface area contributed by atoms with E-state index in [0.717, 1.165) is 0 Å². The highest BCUT2D eigenvalue weighted by Gasteiger charge is 2.55. The van der Waals surface area contributed by atoms with Gasteiger partial charge in [-0.3, -0.25) is 0 Å². The van der Waals surface area contributed by atoms with Gasteiger partial charge in [0.05, 0.1) is 16.9 Å². The van der Waals surface area contributed by atoms with Crippen LogP contribution in [0.3, 0.4) is 0 Å². The number of hydrogen-bond donors (Lipinski definition) is 4. The first-order valence-corrected chi connectivity index (χ1v) is 11.0. The van der Waals surface area contributed by atoms with Crippen molar-refractivity contribution in [1.29, 1.82) is 0 Å². The number of carbonyl (C=O) groups excluding carboxylic acids is 1. The molecule has 0 saturated carbocycles. The summed E-state index contributed by atoms with van der Waals surface area (Å²) in [5.41, 5.74) is 10.5. The molecule has 9 nitrogen and oxygen atoms in total. The lowest BCUT2D eigenvalue weighted by molar-refractivity contribution is -0.144. The van der Waals surface area contributed by atoms with Crippen LogP contribution in [0.25, 0.3) is 0 Å². The highest BCUT2D eigenvalue weighted by molar-refractivity contribution is 7.79. The Morgan fingerprint density at radius 1 is 1.03 bits per heavy atom. The molecule has 2 unspecified atom stereocenters. The van der Waals surface area contributed by atoms with Gasteiger partial charge in [-0.05, 0) is 24.3 Å². The number of benzene rings is 2. The molecule has 2 aromatic carbocycles. The van der Waals surface area contributed by atoms with Crippen molar-refractivity contribution in [1.82, 2.24) is 0 Å². The second-order valence-corrected chi connectivity index (χ2v) is 8.52. The molecule has 0 saturated heterocycles. The molecule has 5 N–H and O–H groups in total. The van der Waals surface area contributed by atoms with Crippen LogP contribution >= 0.6 is 0 Å². The fourth-order valence-electron chi connectivity index (χ4n) is 3.93. The molecule has 11 heteroatoms. The molecule has 31 heavy (non-hydrogen) atoms. The maximum Gasteiger partial charge on any atom is 0.340 e. The van der Waals surface area contributed by atoms with E-state index in [1.54, 1.807) is 0 Å². The Bertz CT molecular complexity index is 1340. The Kier molecular flexibility index (Phi) is 4.76. The van der Waals surface area contributed by atoms with Gasteiger partial charge in [-0.15, -0.1) is 0 Å². The fourth-order valence-corrected chi connectivity index (χ4v) is 5.13. The smallest absolute Gasteiger partial charge is 0.340 e. The van der Waals surface area contributed by atoms with Gasteiger partial charge < -0.3 is 25.5 Å². The Morgan fingerprint density at radius 2 is 1.65 bits per heavy atom. The molecule has 160 valence electrons. The van der Waals surface area contributed by atoms with Crippen LogP contribution in [0.1, 0.15) is 11.1 Å². The molecule has 0 amide bonds. The van der Waals surface area contributed by atoms with Crippen molar-refractivity contribution >= 4 is 39.1 Å². The summed E-state index contributed by atoms with van der Waals surface area (Å²) < 4.78 is 57.6. The third-order valence-corrected chi connectivity index (χ3v) is 6.77. The van der Waals surface area contributed by atoms with E-state index in [2.05, 4.69) is 13.2 Å². The standard InChI is InChI=1S/C20H16N2O7S2/c1-3-9-10(4-2)20(29-19(9)23)11-5-7-13(21)17(30(24)25)15(11)28-16-12(20)6-8-14(22)18(16)31(26)27/h3-8,30H,1-2,21-22H2,(H,26,27). The third-order valence-electron chi connectivity index (χ3n) is 5.17. The molecule has 1 spiro atoms. The van der Waals surface area contributed by atoms with Gasteiger partial charge in [0.25, 0.3) is 0 Å². The minimum Gasteiger partial charge on any atom is -0.454 e. The Hall–Kier alpha value is -3.41. The van der Waals surface area contributed by atoms with Gasteiger partial charge in [0.2, 0.25) is 0 Å². The van der Waals surface area contributed by atoms with E-state index in [9.17, 15) is 22.0 Å². The third kappa shape index (κ3) is 2.67. The van der Waals surface area contributed by atoms with Gasteiger partial charge in [-0.1, -0.05) is 25.3 Å². The summed E-state index contributed by atoms with van der Waals surface area (Å²) in [6, 6.07) is 5.65. The molecular weight excluding hydrogens is 444 g/mol. The molecule has 2 atom stereocenters. The van der Waals surface area contributed by atoms with Crippen molar-refractivity contribution in [2.45, 2.75) is 15.4 Å². The highest BCUT2D eigenvalue weighted by atomic mass is 32.2. The minimum atomic E-state index is -3.25. The maximum atomic E-state index is 12.7. The van der Waals surface area contributed by atoms with Crippen molar-refractivity contribution in [2.24, 2.45) is 0 Å². The molecular formula is C20H16N2O7S2. The minimum absolute atomic E-state index is 0.0763. The lowest BCUT2D eigenvalue weighted by Crippen LogP contribution is -2.34. The van der Waals surface area contributed by atoms with Crippen molar-refractivity contribution in [3.63, 3.8) is 0 Å². The van der Waals surface area contributed by atoms with Crippen LogP contribution in [0.15, 0.2) is 70.5 Å². The molecule has 2 aliphatic heterocycles. The summed E-state index contributed by atoms with van der Waals surface area (Å²) in [6.45, 7) is 7.40. The van der Waals surface area contributed by atoms with Gasteiger partial charge in [-0.25, -0.2) is 17.4 Å². The van der Waals surface area contributed by atoms with Crippen LogP contribution in [0.5, 0.6) is 11.5 Å². The quantitative estimate of drug-likeness (QED) is 0.231.